The Labute approximate surface area is 108 Å². The number of ether oxygens (including phenoxy) is 1. The van der Waals surface area contributed by atoms with E-state index in [-0.39, 0.29) is 0 Å². The largest absolute Gasteiger partial charge is 0.380 e. The van der Waals surface area contributed by atoms with E-state index in [1.165, 1.54) is 25.7 Å². The molecule has 0 aliphatic heterocycles. The third-order valence-electron chi connectivity index (χ3n) is 3.02. The van der Waals surface area contributed by atoms with E-state index in [4.69, 9.17) is 4.74 Å². The average Bonchev–Trinajstić information content (AvgIpc) is 2.36. The lowest BCUT2D eigenvalue weighted by Gasteiger charge is -2.17. The van der Waals surface area contributed by atoms with Crippen LogP contribution in [0.3, 0.4) is 0 Å². The van der Waals surface area contributed by atoms with Crippen molar-refractivity contribution in [2.75, 3.05) is 45.9 Å². The predicted octanol–water partition coefficient (Wildman–Crippen LogP) is 2.51. The van der Waals surface area contributed by atoms with Gasteiger partial charge in [0.25, 0.3) is 0 Å². The Balaban J connectivity index is 3.03. The molecule has 0 saturated heterocycles. The van der Waals surface area contributed by atoms with Crippen molar-refractivity contribution in [2.45, 2.75) is 46.5 Å². The van der Waals surface area contributed by atoms with Crippen LogP contribution in [-0.4, -0.2) is 50.8 Å². The van der Waals surface area contributed by atoms with E-state index < -0.39 is 0 Å². The Kier molecular flexibility index (Phi) is 13.8. The molecule has 0 saturated carbocycles. The van der Waals surface area contributed by atoms with Crippen molar-refractivity contribution in [3.05, 3.63) is 0 Å². The summed E-state index contributed by atoms with van der Waals surface area (Å²) in [6.45, 7) is 14.1. The van der Waals surface area contributed by atoms with Crippen LogP contribution in [0.5, 0.6) is 0 Å². The van der Waals surface area contributed by atoms with Crippen molar-refractivity contribution in [3.63, 3.8) is 0 Å². The SMILES string of the molecule is CCCNCCCCCOCCN(CC)CC. The van der Waals surface area contributed by atoms with Crippen LogP contribution in [0.2, 0.25) is 0 Å². The fourth-order valence-electron chi connectivity index (χ4n) is 1.77. The molecule has 0 radical (unpaired) electrons. The van der Waals surface area contributed by atoms with Crippen LogP contribution in [0.4, 0.5) is 0 Å². The van der Waals surface area contributed by atoms with E-state index in [0.29, 0.717) is 0 Å². The van der Waals surface area contributed by atoms with Gasteiger partial charge < -0.3 is 15.0 Å². The third kappa shape index (κ3) is 12.1. The van der Waals surface area contributed by atoms with E-state index in [2.05, 4.69) is 31.0 Å². The van der Waals surface area contributed by atoms with Gasteiger partial charge in [0.15, 0.2) is 0 Å². The highest BCUT2D eigenvalue weighted by atomic mass is 16.5. The van der Waals surface area contributed by atoms with Crippen LogP contribution in [0.15, 0.2) is 0 Å². The van der Waals surface area contributed by atoms with Crippen molar-refractivity contribution < 1.29 is 4.74 Å². The normalized spacial score (nSPS) is 11.3. The lowest BCUT2D eigenvalue weighted by molar-refractivity contribution is 0.104. The van der Waals surface area contributed by atoms with Gasteiger partial charge in [0.2, 0.25) is 0 Å². The Hall–Kier alpha value is -0.120. The van der Waals surface area contributed by atoms with Crippen molar-refractivity contribution in [1.29, 1.82) is 0 Å². The Morgan fingerprint density at radius 3 is 2.29 bits per heavy atom. The topological polar surface area (TPSA) is 24.5 Å². The summed E-state index contributed by atoms with van der Waals surface area (Å²) in [7, 11) is 0. The first kappa shape index (κ1) is 16.9. The molecular formula is C14H32N2O. The van der Waals surface area contributed by atoms with Gasteiger partial charge in [-0.15, -0.1) is 0 Å². The quantitative estimate of drug-likeness (QED) is 0.504. The Morgan fingerprint density at radius 1 is 0.882 bits per heavy atom. The maximum absolute atomic E-state index is 5.63. The molecular weight excluding hydrogens is 212 g/mol. The summed E-state index contributed by atoms with van der Waals surface area (Å²) in [6, 6.07) is 0. The first-order valence-electron chi connectivity index (χ1n) is 7.35. The number of hydrogen-bond donors (Lipinski definition) is 1. The summed E-state index contributed by atoms with van der Waals surface area (Å²) >= 11 is 0. The van der Waals surface area contributed by atoms with Crippen LogP contribution in [0, 0.1) is 0 Å². The molecule has 0 aromatic carbocycles. The monoisotopic (exact) mass is 244 g/mol. The standard InChI is InChI=1S/C14H32N2O/c1-4-10-15-11-8-7-9-13-17-14-12-16(5-2)6-3/h15H,4-14H2,1-3H3. The fraction of sp³-hybridized carbons (Fsp3) is 1.00. The van der Waals surface area contributed by atoms with Crippen LogP contribution >= 0.6 is 0 Å². The number of unbranched alkanes of at least 4 members (excludes halogenated alkanes) is 2. The smallest absolute Gasteiger partial charge is 0.0593 e. The van der Waals surface area contributed by atoms with Crippen molar-refractivity contribution in [3.8, 4) is 0 Å². The zero-order valence-corrected chi connectivity index (χ0v) is 12.1. The van der Waals surface area contributed by atoms with Gasteiger partial charge in [-0.2, -0.15) is 0 Å². The minimum absolute atomic E-state index is 0.885. The van der Waals surface area contributed by atoms with Gasteiger partial charge >= 0.3 is 0 Å². The molecule has 0 atom stereocenters. The minimum atomic E-state index is 0.885. The zero-order valence-electron chi connectivity index (χ0n) is 12.1. The summed E-state index contributed by atoms with van der Waals surface area (Å²) < 4.78 is 5.63. The van der Waals surface area contributed by atoms with Crippen molar-refractivity contribution in [1.82, 2.24) is 10.2 Å². The predicted molar refractivity (Wildman–Crippen MR) is 75.6 cm³/mol. The van der Waals surface area contributed by atoms with Gasteiger partial charge in [-0.1, -0.05) is 20.8 Å². The van der Waals surface area contributed by atoms with Crippen LogP contribution in [0.25, 0.3) is 0 Å². The van der Waals surface area contributed by atoms with Gasteiger partial charge in [0.1, 0.15) is 0 Å². The molecule has 0 rings (SSSR count). The zero-order chi connectivity index (χ0) is 12.8. The van der Waals surface area contributed by atoms with Gasteiger partial charge in [-0.25, -0.2) is 0 Å². The number of rotatable bonds is 13. The molecule has 0 fully saturated rings. The van der Waals surface area contributed by atoms with E-state index in [9.17, 15) is 0 Å². The minimum Gasteiger partial charge on any atom is -0.380 e. The number of nitrogens with one attached hydrogen (secondary N) is 1. The van der Waals surface area contributed by atoms with E-state index in [0.717, 1.165) is 45.9 Å². The Bertz CT molecular complexity index is 138. The molecule has 0 aromatic heterocycles. The van der Waals surface area contributed by atoms with Crippen LogP contribution in [0.1, 0.15) is 46.5 Å². The van der Waals surface area contributed by atoms with Crippen molar-refractivity contribution in [2.24, 2.45) is 0 Å². The van der Waals surface area contributed by atoms with E-state index in [1.54, 1.807) is 0 Å². The molecule has 0 aliphatic carbocycles. The van der Waals surface area contributed by atoms with Crippen molar-refractivity contribution >= 4 is 0 Å². The highest BCUT2D eigenvalue weighted by Crippen LogP contribution is 1.95. The molecule has 0 spiro atoms. The molecule has 0 aliphatic rings. The molecule has 0 bridgehead atoms. The lowest BCUT2D eigenvalue weighted by Crippen LogP contribution is -2.27. The van der Waals surface area contributed by atoms with E-state index in [1.807, 2.05) is 0 Å². The molecule has 0 heterocycles. The second-order valence-corrected chi connectivity index (χ2v) is 4.45. The maximum atomic E-state index is 5.63. The lowest BCUT2D eigenvalue weighted by atomic mass is 10.2. The average molecular weight is 244 g/mol. The van der Waals surface area contributed by atoms with Gasteiger partial charge in [0.05, 0.1) is 6.61 Å². The molecule has 17 heavy (non-hydrogen) atoms. The summed E-state index contributed by atoms with van der Waals surface area (Å²) in [5.74, 6) is 0. The fourth-order valence-corrected chi connectivity index (χ4v) is 1.77. The first-order chi connectivity index (χ1) is 8.35. The third-order valence-corrected chi connectivity index (χ3v) is 3.02. The van der Waals surface area contributed by atoms with Crippen LogP contribution in [-0.2, 0) is 4.74 Å². The summed E-state index contributed by atoms with van der Waals surface area (Å²) in [6.07, 6.45) is 4.99. The molecule has 1 N–H and O–H groups in total. The second-order valence-electron chi connectivity index (χ2n) is 4.45. The van der Waals surface area contributed by atoms with E-state index >= 15 is 0 Å². The molecule has 3 heteroatoms. The molecule has 0 amide bonds. The van der Waals surface area contributed by atoms with Gasteiger partial charge in [-0.05, 0) is 51.9 Å². The Morgan fingerprint density at radius 2 is 1.65 bits per heavy atom. The van der Waals surface area contributed by atoms with Crippen LogP contribution < -0.4 is 5.32 Å². The summed E-state index contributed by atoms with van der Waals surface area (Å²) in [5.41, 5.74) is 0. The first-order valence-corrected chi connectivity index (χ1v) is 7.35. The molecule has 0 aromatic rings. The summed E-state index contributed by atoms with van der Waals surface area (Å²) in [5, 5.41) is 3.42. The second kappa shape index (κ2) is 13.9. The highest BCUT2D eigenvalue weighted by Gasteiger charge is 1.97. The van der Waals surface area contributed by atoms with Gasteiger partial charge in [0, 0.05) is 13.2 Å². The van der Waals surface area contributed by atoms with Gasteiger partial charge in [-0.3, -0.25) is 0 Å². The number of hydrogen-bond acceptors (Lipinski definition) is 3. The number of nitrogens with zero attached hydrogens (tertiary/aromatic N) is 1. The molecule has 0 unspecified atom stereocenters. The summed E-state index contributed by atoms with van der Waals surface area (Å²) in [4.78, 5) is 2.40. The highest BCUT2D eigenvalue weighted by molar-refractivity contribution is 4.51. The maximum Gasteiger partial charge on any atom is 0.0593 e. The molecule has 104 valence electrons. The number of likely N-dealkylation sites (N-methyl/N-ethyl adjacent to an activating group) is 1. The molecule has 3 nitrogen and oxygen atoms in total.